The fourth-order valence-electron chi connectivity index (χ4n) is 1.76. The maximum Gasteiger partial charge on any atom is 0.316 e. The summed E-state index contributed by atoms with van der Waals surface area (Å²) < 4.78 is 5.10. The molecule has 0 aliphatic carbocycles. The Morgan fingerprint density at radius 2 is 1.94 bits per heavy atom. The number of rotatable bonds is 8. The van der Waals surface area contributed by atoms with Gasteiger partial charge in [-0.25, -0.2) is 0 Å². The highest BCUT2D eigenvalue weighted by atomic mass is 32.1. The van der Waals surface area contributed by atoms with E-state index in [2.05, 4.69) is 24.8 Å². The van der Waals surface area contributed by atoms with Gasteiger partial charge in [0.1, 0.15) is 5.75 Å². The van der Waals surface area contributed by atoms with Crippen molar-refractivity contribution in [2.75, 3.05) is 7.11 Å². The van der Waals surface area contributed by atoms with Crippen LogP contribution in [0.1, 0.15) is 31.2 Å². The number of methoxy groups -OCH3 is 1. The molecular formula is C14H20O3S. The minimum atomic E-state index is -0.825. The second kappa shape index (κ2) is 8.03. The highest BCUT2D eigenvalue weighted by Gasteiger charge is 2.10. The van der Waals surface area contributed by atoms with Crippen LogP contribution < -0.4 is 4.74 Å². The molecule has 1 rings (SSSR count). The molecule has 4 heteroatoms. The van der Waals surface area contributed by atoms with Gasteiger partial charge in [-0.05, 0) is 37.0 Å². The Hall–Kier alpha value is -1.16. The van der Waals surface area contributed by atoms with E-state index >= 15 is 0 Å². The standard InChI is InChI=1S/C14H20O3S/c1-17-12-9-7-11(8-10-12)5-3-2-4-6-13(18)14(15)16/h7-10,13,18H,2-6H2,1H3,(H,15,16). The van der Waals surface area contributed by atoms with Crippen molar-refractivity contribution in [2.45, 2.75) is 37.4 Å². The first kappa shape index (κ1) is 14.9. The second-order valence-corrected chi connectivity index (χ2v) is 4.92. The SMILES string of the molecule is COc1ccc(CCCCCC(S)C(=O)O)cc1. The number of hydrogen-bond donors (Lipinski definition) is 2. The van der Waals surface area contributed by atoms with Gasteiger partial charge in [-0.1, -0.05) is 25.0 Å². The van der Waals surface area contributed by atoms with Crippen LogP contribution in [0, 0.1) is 0 Å². The van der Waals surface area contributed by atoms with Crippen LogP contribution in [0.2, 0.25) is 0 Å². The summed E-state index contributed by atoms with van der Waals surface area (Å²) in [5.74, 6) is 0.0478. The van der Waals surface area contributed by atoms with Crippen molar-refractivity contribution >= 4 is 18.6 Å². The number of hydrogen-bond acceptors (Lipinski definition) is 3. The molecule has 0 saturated carbocycles. The van der Waals surface area contributed by atoms with E-state index in [9.17, 15) is 4.79 Å². The first-order chi connectivity index (χ1) is 8.63. The van der Waals surface area contributed by atoms with Crippen LogP contribution in [-0.2, 0) is 11.2 Å². The van der Waals surface area contributed by atoms with Crippen molar-refractivity contribution < 1.29 is 14.6 Å². The maximum atomic E-state index is 10.6. The Bertz CT molecular complexity index is 362. The molecular weight excluding hydrogens is 248 g/mol. The topological polar surface area (TPSA) is 46.5 Å². The van der Waals surface area contributed by atoms with Crippen molar-refractivity contribution in [3.63, 3.8) is 0 Å². The van der Waals surface area contributed by atoms with Crippen LogP contribution in [0.3, 0.4) is 0 Å². The lowest BCUT2D eigenvalue weighted by Crippen LogP contribution is -2.12. The van der Waals surface area contributed by atoms with Gasteiger partial charge < -0.3 is 9.84 Å². The van der Waals surface area contributed by atoms with E-state index in [1.54, 1.807) is 7.11 Å². The van der Waals surface area contributed by atoms with Crippen molar-refractivity contribution in [1.29, 1.82) is 0 Å². The number of aliphatic carboxylic acids is 1. The fourth-order valence-corrected chi connectivity index (χ4v) is 1.94. The first-order valence-electron chi connectivity index (χ1n) is 6.17. The lowest BCUT2D eigenvalue weighted by Gasteiger charge is -2.06. The summed E-state index contributed by atoms with van der Waals surface area (Å²) in [5.41, 5.74) is 1.29. The number of carboxylic acid groups (broad SMARTS) is 1. The molecule has 1 atom stereocenters. The highest BCUT2D eigenvalue weighted by molar-refractivity contribution is 7.81. The lowest BCUT2D eigenvalue weighted by atomic mass is 10.1. The molecule has 0 heterocycles. The van der Waals surface area contributed by atoms with Crippen molar-refractivity contribution in [2.24, 2.45) is 0 Å². The molecule has 1 aromatic carbocycles. The van der Waals surface area contributed by atoms with E-state index in [4.69, 9.17) is 9.84 Å². The summed E-state index contributed by atoms with van der Waals surface area (Å²) >= 11 is 4.01. The van der Waals surface area contributed by atoms with Crippen LogP contribution in [0.4, 0.5) is 0 Å². The van der Waals surface area contributed by atoms with Gasteiger partial charge in [0.25, 0.3) is 0 Å². The number of carboxylic acids is 1. The highest BCUT2D eigenvalue weighted by Crippen LogP contribution is 2.15. The molecule has 1 aromatic rings. The normalized spacial score (nSPS) is 12.1. The zero-order chi connectivity index (χ0) is 13.4. The predicted octanol–water partition coefficient (Wildman–Crippen LogP) is 3.18. The number of unbranched alkanes of at least 4 members (excludes halogenated alkanes) is 2. The second-order valence-electron chi connectivity index (χ2n) is 4.30. The molecule has 0 saturated heterocycles. The zero-order valence-corrected chi connectivity index (χ0v) is 11.5. The molecule has 3 nitrogen and oxygen atoms in total. The number of carbonyl (C=O) groups is 1. The molecule has 1 N–H and O–H groups in total. The number of ether oxygens (including phenoxy) is 1. The molecule has 18 heavy (non-hydrogen) atoms. The summed E-state index contributed by atoms with van der Waals surface area (Å²) in [4.78, 5) is 10.6. The smallest absolute Gasteiger partial charge is 0.316 e. The molecule has 0 radical (unpaired) electrons. The van der Waals surface area contributed by atoms with Crippen molar-refractivity contribution in [1.82, 2.24) is 0 Å². The Morgan fingerprint density at radius 1 is 1.28 bits per heavy atom. The van der Waals surface area contributed by atoms with E-state index in [0.29, 0.717) is 6.42 Å². The molecule has 100 valence electrons. The van der Waals surface area contributed by atoms with Gasteiger partial charge in [-0.15, -0.1) is 0 Å². The molecule has 0 amide bonds. The fraction of sp³-hybridized carbons (Fsp3) is 0.500. The monoisotopic (exact) mass is 268 g/mol. The third-order valence-electron chi connectivity index (χ3n) is 2.89. The summed E-state index contributed by atoms with van der Waals surface area (Å²) in [6, 6.07) is 8.06. The Labute approximate surface area is 114 Å². The number of aryl methyl sites for hydroxylation is 1. The average molecular weight is 268 g/mol. The molecule has 0 spiro atoms. The van der Waals surface area contributed by atoms with Crippen molar-refractivity contribution in [3.05, 3.63) is 29.8 Å². The molecule has 1 unspecified atom stereocenters. The van der Waals surface area contributed by atoms with Gasteiger partial charge in [0.15, 0.2) is 0 Å². The molecule has 0 aliphatic heterocycles. The summed E-state index contributed by atoms with van der Waals surface area (Å²) in [6.45, 7) is 0. The summed E-state index contributed by atoms with van der Waals surface area (Å²) in [6.07, 6.45) is 4.69. The van der Waals surface area contributed by atoms with E-state index < -0.39 is 11.2 Å². The predicted molar refractivity (Wildman–Crippen MR) is 75.6 cm³/mol. The van der Waals surface area contributed by atoms with Gasteiger partial charge in [0.05, 0.1) is 12.4 Å². The maximum absolute atomic E-state index is 10.6. The lowest BCUT2D eigenvalue weighted by molar-refractivity contribution is -0.136. The van der Waals surface area contributed by atoms with Gasteiger partial charge in [-0.3, -0.25) is 4.79 Å². The van der Waals surface area contributed by atoms with Gasteiger partial charge >= 0.3 is 5.97 Å². The van der Waals surface area contributed by atoms with Gasteiger partial charge in [-0.2, -0.15) is 12.6 Å². The first-order valence-corrected chi connectivity index (χ1v) is 6.69. The third-order valence-corrected chi connectivity index (χ3v) is 3.37. The van der Waals surface area contributed by atoms with Crippen LogP contribution in [0.15, 0.2) is 24.3 Å². The van der Waals surface area contributed by atoms with Crippen molar-refractivity contribution in [3.8, 4) is 5.75 Å². The molecule has 0 aromatic heterocycles. The Kier molecular flexibility index (Phi) is 6.65. The third kappa shape index (κ3) is 5.45. The Balaban J connectivity index is 2.15. The quantitative estimate of drug-likeness (QED) is 0.562. The number of benzene rings is 1. The van der Waals surface area contributed by atoms with Crippen LogP contribution in [0.25, 0.3) is 0 Å². The zero-order valence-electron chi connectivity index (χ0n) is 10.6. The minimum absolute atomic E-state index is 0.522. The minimum Gasteiger partial charge on any atom is -0.497 e. The van der Waals surface area contributed by atoms with E-state index in [1.165, 1.54) is 5.56 Å². The van der Waals surface area contributed by atoms with Crippen LogP contribution >= 0.6 is 12.6 Å². The van der Waals surface area contributed by atoms with Gasteiger partial charge in [0, 0.05) is 0 Å². The average Bonchev–Trinajstić information content (AvgIpc) is 2.38. The number of thiol groups is 1. The molecule has 0 bridgehead atoms. The van der Waals surface area contributed by atoms with E-state index in [1.807, 2.05) is 12.1 Å². The largest absolute Gasteiger partial charge is 0.497 e. The summed E-state index contributed by atoms with van der Waals surface area (Å²) in [5, 5.41) is 8.16. The summed E-state index contributed by atoms with van der Waals surface area (Å²) in [7, 11) is 1.66. The molecule has 0 fully saturated rings. The van der Waals surface area contributed by atoms with E-state index in [-0.39, 0.29) is 0 Å². The van der Waals surface area contributed by atoms with Crippen LogP contribution in [-0.4, -0.2) is 23.4 Å². The Morgan fingerprint density at radius 3 is 2.50 bits per heavy atom. The van der Waals surface area contributed by atoms with Crippen LogP contribution in [0.5, 0.6) is 5.75 Å². The van der Waals surface area contributed by atoms with Gasteiger partial charge in [0.2, 0.25) is 0 Å². The van der Waals surface area contributed by atoms with E-state index in [0.717, 1.165) is 31.4 Å². The molecule has 0 aliphatic rings.